The number of nitrogens with one attached hydrogen (secondary N) is 2. The van der Waals surface area contributed by atoms with Gasteiger partial charge in [0, 0.05) is 61.6 Å². The van der Waals surface area contributed by atoms with Crippen molar-refractivity contribution in [2.24, 2.45) is 0 Å². The zero-order valence-corrected chi connectivity index (χ0v) is 17.5. The number of pyridine rings is 1. The highest BCUT2D eigenvalue weighted by Gasteiger charge is 2.31. The molecule has 2 amide bonds. The van der Waals surface area contributed by atoms with Crippen LogP contribution in [0.15, 0.2) is 30.9 Å². The van der Waals surface area contributed by atoms with Crippen molar-refractivity contribution >= 4 is 29.0 Å². The molecule has 0 bridgehead atoms. The van der Waals surface area contributed by atoms with Crippen molar-refractivity contribution in [1.29, 1.82) is 0 Å². The van der Waals surface area contributed by atoms with Crippen molar-refractivity contribution in [3.63, 3.8) is 0 Å². The summed E-state index contributed by atoms with van der Waals surface area (Å²) in [7, 11) is 0. The van der Waals surface area contributed by atoms with Gasteiger partial charge < -0.3 is 15.5 Å². The molecule has 0 spiro atoms. The minimum Gasteiger partial charge on any atom is -0.368 e. The van der Waals surface area contributed by atoms with Crippen LogP contribution in [0.25, 0.3) is 5.78 Å². The third-order valence-corrected chi connectivity index (χ3v) is 5.67. The second-order valence-electron chi connectivity index (χ2n) is 8.27. The molecule has 9 heteroatoms. The number of piperazine rings is 1. The van der Waals surface area contributed by atoms with E-state index in [1.807, 2.05) is 23.7 Å². The maximum absolute atomic E-state index is 13.0. The molecule has 2 aliphatic heterocycles. The van der Waals surface area contributed by atoms with Crippen LogP contribution in [0, 0.1) is 6.92 Å². The van der Waals surface area contributed by atoms with E-state index in [2.05, 4.69) is 50.4 Å². The van der Waals surface area contributed by atoms with Gasteiger partial charge in [0.15, 0.2) is 0 Å². The van der Waals surface area contributed by atoms with Crippen LogP contribution in [0.3, 0.4) is 0 Å². The number of carbonyl (C=O) groups is 1. The quantitative estimate of drug-likeness (QED) is 0.678. The maximum atomic E-state index is 13.0. The Morgan fingerprint density at radius 1 is 1.20 bits per heavy atom. The van der Waals surface area contributed by atoms with Gasteiger partial charge in [-0.1, -0.05) is 0 Å². The molecule has 9 nitrogen and oxygen atoms in total. The number of imidazole rings is 1. The lowest BCUT2D eigenvalue weighted by Crippen LogP contribution is -2.54. The molecule has 2 N–H and O–H groups in total. The first-order valence-electron chi connectivity index (χ1n) is 10.4. The normalized spacial score (nSPS) is 21.2. The number of carbonyl (C=O) groups excluding carboxylic acids is 1. The lowest BCUT2D eigenvalue weighted by Gasteiger charge is -2.38. The van der Waals surface area contributed by atoms with Crippen LogP contribution in [0.4, 0.5) is 22.0 Å². The number of rotatable bonds is 2. The molecule has 30 heavy (non-hydrogen) atoms. The average molecular weight is 406 g/mol. The van der Waals surface area contributed by atoms with E-state index in [9.17, 15) is 4.79 Å². The second kappa shape index (κ2) is 7.24. The Bertz CT molecular complexity index is 1100. The van der Waals surface area contributed by atoms with Crippen molar-refractivity contribution in [3.8, 4) is 0 Å². The fraction of sp³-hybridized carbons (Fsp3) is 0.429. The first kappa shape index (κ1) is 18.8. The number of hydrogen-bond donors (Lipinski definition) is 2. The number of hydrogen-bond acceptors (Lipinski definition) is 6. The Hall–Kier alpha value is -3.20. The van der Waals surface area contributed by atoms with Gasteiger partial charge in [0.05, 0.1) is 17.6 Å². The molecule has 3 aromatic rings. The molecule has 5 rings (SSSR count). The number of amides is 2. The second-order valence-corrected chi connectivity index (χ2v) is 8.27. The van der Waals surface area contributed by atoms with E-state index in [0.717, 1.165) is 36.6 Å². The zero-order chi connectivity index (χ0) is 20.8. The average Bonchev–Trinajstić information content (AvgIpc) is 3.29. The summed E-state index contributed by atoms with van der Waals surface area (Å²) < 4.78 is 1.81. The molecule has 0 radical (unpaired) electrons. The number of urea groups is 1. The van der Waals surface area contributed by atoms with Gasteiger partial charge in [0.2, 0.25) is 5.78 Å². The SMILES string of the molecule is Cc1cn2cc(NC(=O)N3CCc4c(N5C[C@@H](C)N[C@@H](C)C5)ccnc43)cnc2n1. The highest BCUT2D eigenvalue weighted by molar-refractivity contribution is 6.02. The molecule has 0 saturated carbocycles. The number of aromatic nitrogens is 4. The van der Waals surface area contributed by atoms with Gasteiger partial charge in [0.1, 0.15) is 5.82 Å². The predicted octanol–water partition coefficient (Wildman–Crippen LogP) is 2.21. The van der Waals surface area contributed by atoms with Gasteiger partial charge >= 0.3 is 6.03 Å². The van der Waals surface area contributed by atoms with Crippen LogP contribution < -0.4 is 20.4 Å². The van der Waals surface area contributed by atoms with E-state index in [1.165, 1.54) is 5.69 Å². The summed E-state index contributed by atoms with van der Waals surface area (Å²) in [5.41, 5.74) is 3.84. The van der Waals surface area contributed by atoms with Gasteiger partial charge in [0.25, 0.3) is 0 Å². The van der Waals surface area contributed by atoms with Crippen molar-refractivity contribution < 1.29 is 4.79 Å². The van der Waals surface area contributed by atoms with Crippen LogP contribution in [0.5, 0.6) is 0 Å². The monoisotopic (exact) mass is 406 g/mol. The van der Waals surface area contributed by atoms with E-state index >= 15 is 0 Å². The summed E-state index contributed by atoms with van der Waals surface area (Å²) in [5, 5.41) is 6.52. The van der Waals surface area contributed by atoms with Crippen molar-refractivity contribution in [2.75, 3.05) is 34.8 Å². The summed E-state index contributed by atoms with van der Waals surface area (Å²) in [4.78, 5) is 30.3. The molecule has 2 aliphatic rings. The zero-order valence-electron chi connectivity index (χ0n) is 17.5. The van der Waals surface area contributed by atoms with Gasteiger partial charge in [-0.2, -0.15) is 0 Å². The summed E-state index contributed by atoms with van der Waals surface area (Å²) in [6.45, 7) is 8.83. The van der Waals surface area contributed by atoms with Crippen LogP contribution >= 0.6 is 0 Å². The van der Waals surface area contributed by atoms with E-state index in [1.54, 1.807) is 17.3 Å². The molecule has 1 saturated heterocycles. The molecular formula is C21H26N8O. The molecule has 0 aliphatic carbocycles. The van der Waals surface area contributed by atoms with Gasteiger partial charge in [-0.3, -0.25) is 9.30 Å². The minimum atomic E-state index is -0.196. The lowest BCUT2D eigenvalue weighted by molar-refractivity contribution is 0.257. The number of nitrogens with zero attached hydrogens (tertiary/aromatic N) is 6. The number of aryl methyl sites for hydroxylation is 1. The van der Waals surface area contributed by atoms with E-state index < -0.39 is 0 Å². The Labute approximate surface area is 175 Å². The molecule has 0 aromatic carbocycles. The highest BCUT2D eigenvalue weighted by atomic mass is 16.2. The summed E-state index contributed by atoms with van der Waals surface area (Å²) in [5.74, 6) is 1.36. The van der Waals surface area contributed by atoms with Gasteiger partial charge in [-0.05, 0) is 33.3 Å². The van der Waals surface area contributed by atoms with Gasteiger partial charge in [-0.15, -0.1) is 0 Å². The van der Waals surface area contributed by atoms with Crippen LogP contribution in [0.2, 0.25) is 0 Å². The number of anilines is 3. The van der Waals surface area contributed by atoms with E-state index in [4.69, 9.17) is 0 Å². The lowest BCUT2D eigenvalue weighted by atomic mass is 10.1. The van der Waals surface area contributed by atoms with Crippen LogP contribution in [-0.4, -0.2) is 57.1 Å². The number of fused-ring (bicyclic) bond motifs is 2. The predicted molar refractivity (Wildman–Crippen MR) is 116 cm³/mol. The topological polar surface area (TPSA) is 90.7 Å². The summed E-state index contributed by atoms with van der Waals surface area (Å²) >= 11 is 0. The van der Waals surface area contributed by atoms with Crippen LogP contribution in [-0.2, 0) is 6.42 Å². The molecule has 156 valence electrons. The Balaban J connectivity index is 1.38. The molecule has 5 heterocycles. The maximum Gasteiger partial charge on any atom is 0.327 e. The Morgan fingerprint density at radius 3 is 2.80 bits per heavy atom. The first-order chi connectivity index (χ1) is 14.5. The van der Waals surface area contributed by atoms with Crippen molar-refractivity contribution in [2.45, 2.75) is 39.3 Å². The van der Waals surface area contributed by atoms with Crippen molar-refractivity contribution in [1.82, 2.24) is 24.7 Å². The largest absolute Gasteiger partial charge is 0.368 e. The van der Waals surface area contributed by atoms with Crippen LogP contribution in [0.1, 0.15) is 25.1 Å². The fourth-order valence-corrected chi connectivity index (χ4v) is 4.55. The van der Waals surface area contributed by atoms with Crippen molar-refractivity contribution in [3.05, 3.63) is 42.1 Å². The Morgan fingerprint density at radius 2 is 2.00 bits per heavy atom. The molecular weight excluding hydrogens is 380 g/mol. The first-order valence-corrected chi connectivity index (χ1v) is 10.4. The van der Waals surface area contributed by atoms with Gasteiger partial charge in [-0.25, -0.2) is 19.7 Å². The van der Waals surface area contributed by atoms with E-state index in [0.29, 0.717) is 30.1 Å². The van der Waals surface area contributed by atoms with E-state index in [-0.39, 0.29) is 6.03 Å². The Kier molecular flexibility index (Phi) is 4.54. The third-order valence-electron chi connectivity index (χ3n) is 5.67. The summed E-state index contributed by atoms with van der Waals surface area (Å²) in [6.07, 6.45) is 7.94. The fourth-order valence-electron chi connectivity index (χ4n) is 4.55. The standard InChI is InChI=1S/C21H26N8O/c1-13-9-27(10-14(2)24-13)18-4-6-22-19-17(18)5-7-29(19)21(30)26-16-8-23-20-25-15(3)11-28(20)12-16/h4,6,8,11-14,24H,5,7,9-10H2,1-3H3,(H,26,30)/t13-,14+. The minimum absolute atomic E-state index is 0.196. The smallest absolute Gasteiger partial charge is 0.327 e. The molecule has 3 aromatic heterocycles. The molecule has 2 atom stereocenters. The molecule has 1 fully saturated rings. The molecule has 0 unspecified atom stereocenters. The third kappa shape index (κ3) is 3.35. The summed E-state index contributed by atoms with van der Waals surface area (Å²) in [6, 6.07) is 2.73. The highest BCUT2D eigenvalue weighted by Crippen LogP contribution is 2.34.